The number of nitrogens with zero attached hydrogens (tertiary/aromatic N) is 1. The third-order valence-electron chi connectivity index (χ3n) is 3.50. The van der Waals surface area contributed by atoms with Crippen LogP contribution < -0.4 is 10.7 Å². The van der Waals surface area contributed by atoms with Crippen molar-refractivity contribution in [2.75, 3.05) is 0 Å². The summed E-state index contributed by atoms with van der Waals surface area (Å²) in [6.45, 7) is 2.07. The van der Waals surface area contributed by atoms with Crippen LogP contribution in [0.15, 0.2) is 29.4 Å². The van der Waals surface area contributed by atoms with Gasteiger partial charge in [0.25, 0.3) is 0 Å². The number of hydrogen-bond donors (Lipinski definition) is 2. The van der Waals surface area contributed by atoms with Crippen molar-refractivity contribution in [3.05, 3.63) is 35.4 Å². The van der Waals surface area contributed by atoms with Crippen LogP contribution in [0.1, 0.15) is 43.2 Å². The maximum Gasteiger partial charge on any atom is 0.187 e. The van der Waals surface area contributed by atoms with Crippen LogP contribution in [-0.4, -0.2) is 17.4 Å². The van der Waals surface area contributed by atoms with Crippen molar-refractivity contribution in [1.29, 1.82) is 0 Å². The number of benzene rings is 1. The van der Waals surface area contributed by atoms with Crippen LogP contribution in [0, 0.1) is 6.92 Å². The molecule has 1 saturated carbocycles. The minimum absolute atomic E-state index is 0.516. The summed E-state index contributed by atoms with van der Waals surface area (Å²) in [5.41, 5.74) is 5.21. The first-order valence-corrected chi connectivity index (χ1v) is 7.32. The van der Waals surface area contributed by atoms with E-state index in [1.54, 1.807) is 0 Å². The summed E-state index contributed by atoms with van der Waals surface area (Å²) >= 11 is 5.25. The van der Waals surface area contributed by atoms with Crippen molar-refractivity contribution in [2.45, 2.75) is 45.1 Å². The zero-order chi connectivity index (χ0) is 13.5. The SMILES string of the molecule is Cc1ccccc1/C=N\NC(=S)NC1CCCCC1. The molecule has 19 heavy (non-hydrogen) atoms. The Balaban J connectivity index is 1.78. The molecule has 1 aliphatic carbocycles. The molecule has 0 amide bonds. The van der Waals surface area contributed by atoms with Crippen molar-refractivity contribution in [2.24, 2.45) is 5.10 Å². The van der Waals surface area contributed by atoms with Crippen molar-refractivity contribution in [3.8, 4) is 0 Å². The fourth-order valence-corrected chi connectivity index (χ4v) is 2.58. The lowest BCUT2D eigenvalue weighted by atomic mass is 9.96. The molecule has 102 valence electrons. The maximum atomic E-state index is 5.25. The van der Waals surface area contributed by atoms with Gasteiger partial charge in [-0.15, -0.1) is 0 Å². The number of thiocarbonyl (C=S) groups is 1. The first kappa shape index (κ1) is 14.0. The molecule has 0 radical (unpaired) electrons. The Bertz CT molecular complexity index is 450. The monoisotopic (exact) mass is 275 g/mol. The van der Waals surface area contributed by atoms with Gasteiger partial charge in [0.2, 0.25) is 0 Å². The van der Waals surface area contributed by atoms with E-state index >= 15 is 0 Å². The third-order valence-corrected chi connectivity index (χ3v) is 3.71. The van der Waals surface area contributed by atoms with Gasteiger partial charge in [-0.25, -0.2) is 0 Å². The Labute approximate surface area is 120 Å². The highest BCUT2D eigenvalue weighted by atomic mass is 32.1. The molecule has 1 aliphatic rings. The average molecular weight is 275 g/mol. The summed E-state index contributed by atoms with van der Waals surface area (Å²) in [5, 5.41) is 8.14. The lowest BCUT2D eigenvalue weighted by molar-refractivity contribution is 0.412. The number of hydrogen-bond acceptors (Lipinski definition) is 2. The van der Waals surface area contributed by atoms with Crippen LogP contribution in [0.25, 0.3) is 0 Å². The highest BCUT2D eigenvalue weighted by molar-refractivity contribution is 7.80. The molecule has 0 spiro atoms. The van der Waals surface area contributed by atoms with Gasteiger partial charge in [-0.3, -0.25) is 5.43 Å². The largest absolute Gasteiger partial charge is 0.359 e. The second kappa shape index (κ2) is 7.24. The standard InChI is InChI=1S/C15H21N3S/c1-12-7-5-6-8-13(12)11-16-18-15(19)17-14-9-3-2-4-10-14/h5-8,11,14H,2-4,9-10H2,1H3,(H2,17,18,19)/b16-11-. The molecule has 0 atom stereocenters. The number of nitrogens with one attached hydrogen (secondary N) is 2. The van der Waals surface area contributed by atoms with Gasteiger partial charge in [0.15, 0.2) is 5.11 Å². The van der Waals surface area contributed by atoms with Crippen LogP contribution >= 0.6 is 12.2 Å². The van der Waals surface area contributed by atoms with Gasteiger partial charge in [0.1, 0.15) is 0 Å². The smallest absolute Gasteiger partial charge is 0.187 e. The van der Waals surface area contributed by atoms with Gasteiger partial charge in [-0.1, -0.05) is 43.5 Å². The molecule has 4 heteroatoms. The Morgan fingerprint density at radius 2 is 2.00 bits per heavy atom. The fourth-order valence-electron chi connectivity index (χ4n) is 2.36. The van der Waals surface area contributed by atoms with Crippen molar-refractivity contribution < 1.29 is 0 Å². The van der Waals surface area contributed by atoms with E-state index in [-0.39, 0.29) is 0 Å². The maximum absolute atomic E-state index is 5.25. The number of aryl methyl sites for hydroxylation is 1. The van der Waals surface area contributed by atoms with Crippen molar-refractivity contribution in [1.82, 2.24) is 10.7 Å². The zero-order valence-corrected chi connectivity index (χ0v) is 12.2. The van der Waals surface area contributed by atoms with Gasteiger partial charge in [0, 0.05) is 6.04 Å². The summed E-state index contributed by atoms with van der Waals surface area (Å²) < 4.78 is 0. The Morgan fingerprint density at radius 3 is 2.74 bits per heavy atom. The first-order valence-electron chi connectivity index (χ1n) is 6.91. The van der Waals surface area contributed by atoms with E-state index in [2.05, 4.69) is 28.8 Å². The van der Waals surface area contributed by atoms with E-state index in [1.165, 1.54) is 37.7 Å². The summed E-state index contributed by atoms with van der Waals surface area (Å²) in [6.07, 6.45) is 8.18. The summed E-state index contributed by atoms with van der Waals surface area (Å²) in [5.74, 6) is 0. The topological polar surface area (TPSA) is 36.4 Å². The molecular weight excluding hydrogens is 254 g/mol. The van der Waals surface area contributed by atoms with Crippen molar-refractivity contribution >= 4 is 23.5 Å². The van der Waals surface area contributed by atoms with Crippen LogP contribution in [0.5, 0.6) is 0 Å². The van der Waals surface area contributed by atoms with Gasteiger partial charge in [0.05, 0.1) is 6.21 Å². The molecule has 3 nitrogen and oxygen atoms in total. The van der Waals surface area contributed by atoms with Gasteiger partial charge in [-0.05, 0) is 43.1 Å². The van der Waals surface area contributed by atoms with E-state index < -0.39 is 0 Å². The fraction of sp³-hybridized carbons (Fsp3) is 0.467. The van der Waals surface area contributed by atoms with Gasteiger partial charge >= 0.3 is 0 Å². The number of rotatable bonds is 3. The molecule has 1 aromatic carbocycles. The molecular formula is C15H21N3S. The molecule has 0 unspecified atom stereocenters. The van der Waals surface area contributed by atoms with Crippen LogP contribution in [0.4, 0.5) is 0 Å². The highest BCUT2D eigenvalue weighted by Gasteiger charge is 2.13. The summed E-state index contributed by atoms with van der Waals surface area (Å²) in [4.78, 5) is 0. The molecule has 0 bridgehead atoms. The van der Waals surface area contributed by atoms with E-state index in [9.17, 15) is 0 Å². The molecule has 2 N–H and O–H groups in total. The quantitative estimate of drug-likeness (QED) is 0.505. The lowest BCUT2D eigenvalue weighted by Gasteiger charge is -2.23. The zero-order valence-electron chi connectivity index (χ0n) is 11.4. The van der Waals surface area contributed by atoms with Gasteiger partial charge in [-0.2, -0.15) is 5.10 Å². The molecule has 0 aromatic heterocycles. The molecule has 1 aromatic rings. The van der Waals surface area contributed by atoms with E-state index in [4.69, 9.17) is 12.2 Å². The van der Waals surface area contributed by atoms with Crippen LogP contribution in [0.3, 0.4) is 0 Å². The average Bonchev–Trinajstić information content (AvgIpc) is 2.42. The summed E-state index contributed by atoms with van der Waals surface area (Å²) in [6, 6.07) is 8.66. The van der Waals surface area contributed by atoms with Crippen LogP contribution in [0.2, 0.25) is 0 Å². The Hall–Kier alpha value is -1.42. The van der Waals surface area contributed by atoms with Crippen molar-refractivity contribution in [3.63, 3.8) is 0 Å². The first-order chi connectivity index (χ1) is 9.25. The normalized spacial score (nSPS) is 16.5. The molecule has 0 aliphatic heterocycles. The Morgan fingerprint density at radius 1 is 1.26 bits per heavy atom. The van der Waals surface area contributed by atoms with E-state index in [0.29, 0.717) is 11.2 Å². The predicted octanol–water partition coefficient (Wildman–Crippen LogP) is 3.13. The predicted molar refractivity (Wildman–Crippen MR) is 84.5 cm³/mol. The molecule has 1 fully saturated rings. The number of hydrazone groups is 1. The van der Waals surface area contributed by atoms with E-state index in [1.807, 2.05) is 24.4 Å². The minimum atomic E-state index is 0.516. The minimum Gasteiger partial charge on any atom is -0.359 e. The third kappa shape index (κ3) is 4.63. The van der Waals surface area contributed by atoms with Crippen LogP contribution in [-0.2, 0) is 0 Å². The second-order valence-corrected chi connectivity index (χ2v) is 5.44. The lowest BCUT2D eigenvalue weighted by Crippen LogP contribution is -2.40. The molecule has 0 heterocycles. The van der Waals surface area contributed by atoms with E-state index in [0.717, 1.165) is 5.56 Å². The Kier molecular flexibility index (Phi) is 5.33. The highest BCUT2D eigenvalue weighted by Crippen LogP contribution is 2.17. The molecule has 2 rings (SSSR count). The summed E-state index contributed by atoms with van der Waals surface area (Å²) in [7, 11) is 0. The second-order valence-electron chi connectivity index (χ2n) is 5.03. The molecule has 0 saturated heterocycles. The van der Waals surface area contributed by atoms with Gasteiger partial charge < -0.3 is 5.32 Å².